The van der Waals surface area contributed by atoms with E-state index in [1.165, 1.54) is 11.1 Å². The Kier molecular flexibility index (Phi) is 3.50. The first-order valence-corrected chi connectivity index (χ1v) is 8.61. The Hall–Kier alpha value is -1.07. The number of ether oxygens (including phenoxy) is 1. The van der Waals surface area contributed by atoms with Gasteiger partial charge in [0.15, 0.2) is 0 Å². The van der Waals surface area contributed by atoms with E-state index in [-0.39, 0.29) is 0 Å². The van der Waals surface area contributed by atoms with Crippen LogP contribution in [0.1, 0.15) is 24.0 Å². The molecule has 1 saturated heterocycles. The molecule has 19 heavy (non-hydrogen) atoms. The zero-order valence-electron chi connectivity index (χ0n) is 10.9. The Morgan fingerprint density at radius 1 is 1.21 bits per heavy atom. The van der Waals surface area contributed by atoms with Gasteiger partial charge in [0.2, 0.25) is 0 Å². The van der Waals surface area contributed by atoms with E-state index in [0.29, 0.717) is 24.0 Å². The number of fused-ring (bicyclic) bond motifs is 1. The van der Waals surface area contributed by atoms with Crippen LogP contribution in [0.25, 0.3) is 0 Å². The Labute approximate surface area is 114 Å². The number of hydrogen-bond donors (Lipinski definition) is 1. The van der Waals surface area contributed by atoms with Crippen LogP contribution in [0.15, 0.2) is 18.2 Å². The maximum atomic E-state index is 11.4. The number of hydrogen-bond acceptors (Lipinski definition) is 4. The molecule has 5 heteroatoms. The van der Waals surface area contributed by atoms with E-state index < -0.39 is 9.84 Å². The van der Waals surface area contributed by atoms with E-state index in [9.17, 15) is 8.42 Å². The smallest absolute Gasteiger partial charge is 0.150 e. The van der Waals surface area contributed by atoms with Gasteiger partial charge in [0.05, 0.1) is 18.1 Å². The Bertz CT molecular complexity index is 554. The van der Waals surface area contributed by atoms with E-state index in [1.807, 2.05) is 12.1 Å². The van der Waals surface area contributed by atoms with Gasteiger partial charge in [-0.15, -0.1) is 0 Å². The monoisotopic (exact) mass is 281 g/mol. The van der Waals surface area contributed by atoms with Gasteiger partial charge in [-0.1, -0.05) is 12.1 Å². The minimum Gasteiger partial charge on any atom is -0.493 e. The first-order valence-electron chi connectivity index (χ1n) is 6.79. The summed E-state index contributed by atoms with van der Waals surface area (Å²) in [7, 11) is -2.77. The van der Waals surface area contributed by atoms with Gasteiger partial charge < -0.3 is 10.1 Å². The zero-order chi connectivity index (χ0) is 13.3. The Morgan fingerprint density at radius 2 is 2.00 bits per heavy atom. The third-order valence-corrected chi connectivity index (χ3v) is 5.71. The summed E-state index contributed by atoms with van der Waals surface area (Å²) in [6, 6.07) is 6.15. The molecular weight excluding hydrogens is 262 g/mol. The topological polar surface area (TPSA) is 55.4 Å². The van der Waals surface area contributed by atoms with Gasteiger partial charge in [-0.05, 0) is 30.4 Å². The highest BCUT2D eigenvalue weighted by molar-refractivity contribution is 7.91. The molecule has 3 rings (SSSR count). The number of nitrogens with one attached hydrogen (secondary N) is 1. The molecule has 0 aliphatic carbocycles. The van der Waals surface area contributed by atoms with Crippen molar-refractivity contribution in [2.75, 3.05) is 18.1 Å². The van der Waals surface area contributed by atoms with Gasteiger partial charge in [-0.25, -0.2) is 8.42 Å². The molecule has 4 nitrogen and oxygen atoms in total. The van der Waals surface area contributed by atoms with Crippen molar-refractivity contribution in [3.05, 3.63) is 29.3 Å². The largest absolute Gasteiger partial charge is 0.493 e. The molecule has 104 valence electrons. The predicted octanol–water partition coefficient (Wildman–Crippen LogP) is 1.49. The minimum absolute atomic E-state index is 0.315. The molecule has 0 aromatic heterocycles. The van der Waals surface area contributed by atoms with Gasteiger partial charge in [0.25, 0.3) is 0 Å². The first-order chi connectivity index (χ1) is 9.14. The maximum Gasteiger partial charge on any atom is 0.150 e. The highest BCUT2D eigenvalue weighted by atomic mass is 32.2. The average Bonchev–Trinajstić information content (AvgIpc) is 2.86. The molecule has 2 aliphatic rings. The number of benzene rings is 1. The second kappa shape index (κ2) is 5.13. The van der Waals surface area contributed by atoms with Crippen LogP contribution in [0.5, 0.6) is 5.75 Å². The van der Waals surface area contributed by atoms with Gasteiger partial charge in [0, 0.05) is 18.7 Å². The fourth-order valence-corrected chi connectivity index (χ4v) is 4.34. The summed E-state index contributed by atoms with van der Waals surface area (Å²) in [5, 5.41) is 3.32. The van der Waals surface area contributed by atoms with Crippen molar-refractivity contribution < 1.29 is 13.2 Å². The molecule has 1 aromatic rings. The molecule has 1 aromatic carbocycles. The summed E-state index contributed by atoms with van der Waals surface area (Å²) in [6.45, 7) is 2.41. The number of sulfone groups is 1. The second-order valence-corrected chi connectivity index (χ2v) is 7.71. The molecule has 0 unspecified atom stereocenters. The highest BCUT2D eigenvalue weighted by Crippen LogP contribution is 2.27. The van der Waals surface area contributed by atoms with Gasteiger partial charge in [-0.3, -0.25) is 0 Å². The standard InChI is InChI=1S/C14H19NO3S/c16-19(17)6-4-11(5-7-19)10-18-14-3-1-2-12-8-15-9-13(12)14/h1-3,11,15H,4-10H2. The van der Waals surface area contributed by atoms with E-state index in [0.717, 1.165) is 31.7 Å². The summed E-state index contributed by atoms with van der Waals surface area (Å²) in [5.41, 5.74) is 2.56. The zero-order valence-corrected chi connectivity index (χ0v) is 11.7. The fourth-order valence-electron chi connectivity index (χ4n) is 2.75. The molecule has 0 atom stereocenters. The van der Waals surface area contributed by atoms with E-state index in [2.05, 4.69) is 11.4 Å². The molecule has 0 radical (unpaired) electrons. The van der Waals surface area contributed by atoms with Crippen molar-refractivity contribution in [3.8, 4) is 5.75 Å². The Morgan fingerprint density at radius 3 is 2.79 bits per heavy atom. The molecular formula is C14H19NO3S. The second-order valence-electron chi connectivity index (χ2n) is 5.40. The van der Waals surface area contributed by atoms with E-state index in [4.69, 9.17) is 4.74 Å². The van der Waals surface area contributed by atoms with Gasteiger partial charge >= 0.3 is 0 Å². The molecule has 0 spiro atoms. The Balaban J connectivity index is 1.60. The van der Waals surface area contributed by atoms with Crippen molar-refractivity contribution in [2.45, 2.75) is 25.9 Å². The molecule has 2 aliphatic heterocycles. The van der Waals surface area contributed by atoms with Crippen molar-refractivity contribution in [1.29, 1.82) is 0 Å². The van der Waals surface area contributed by atoms with Crippen LogP contribution in [-0.4, -0.2) is 26.5 Å². The minimum atomic E-state index is -2.77. The maximum absolute atomic E-state index is 11.4. The highest BCUT2D eigenvalue weighted by Gasteiger charge is 2.24. The van der Waals surface area contributed by atoms with Crippen LogP contribution in [0, 0.1) is 5.92 Å². The SMILES string of the molecule is O=S1(=O)CCC(COc2cccc3c2CNC3)CC1. The van der Waals surface area contributed by atoms with Gasteiger partial charge in [0.1, 0.15) is 15.6 Å². The molecule has 1 fully saturated rings. The van der Waals surface area contributed by atoms with Crippen LogP contribution < -0.4 is 10.1 Å². The predicted molar refractivity (Wildman–Crippen MR) is 73.9 cm³/mol. The quantitative estimate of drug-likeness (QED) is 0.912. The van der Waals surface area contributed by atoms with Gasteiger partial charge in [-0.2, -0.15) is 0 Å². The summed E-state index contributed by atoms with van der Waals surface area (Å²) >= 11 is 0. The lowest BCUT2D eigenvalue weighted by Gasteiger charge is -2.22. The normalized spacial score (nSPS) is 22.1. The summed E-state index contributed by atoms with van der Waals surface area (Å²) in [4.78, 5) is 0. The lowest BCUT2D eigenvalue weighted by Crippen LogP contribution is -2.27. The molecule has 2 heterocycles. The number of rotatable bonds is 3. The van der Waals surface area contributed by atoms with Crippen molar-refractivity contribution in [2.24, 2.45) is 5.92 Å². The fraction of sp³-hybridized carbons (Fsp3) is 0.571. The summed E-state index contributed by atoms with van der Waals surface area (Å²) in [5.74, 6) is 1.95. The summed E-state index contributed by atoms with van der Waals surface area (Å²) in [6.07, 6.45) is 1.46. The van der Waals surface area contributed by atoms with Crippen LogP contribution in [0.4, 0.5) is 0 Å². The lowest BCUT2D eigenvalue weighted by molar-refractivity contribution is 0.236. The van der Waals surface area contributed by atoms with Crippen LogP contribution in [-0.2, 0) is 22.9 Å². The van der Waals surface area contributed by atoms with Crippen molar-refractivity contribution >= 4 is 9.84 Å². The average molecular weight is 281 g/mol. The van der Waals surface area contributed by atoms with Crippen molar-refractivity contribution in [3.63, 3.8) is 0 Å². The van der Waals surface area contributed by atoms with Crippen LogP contribution in [0.2, 0.25) is 0 Å². The first kappa shape index (κ1) is 12.9. The molecule has 0 amide bonds. The third kappa shape index (κ3) is 2.92. The molecule has 1 N–H and O–H groups in total. The van der Waals surface area contributed by atoms with E-state index >= 15 is 0 Å². The van der Waals surface area contributed by atoms with Crippen molar-refractivity contribution in [1.82, 2.24) is 5.32 Å². The van der Waals surface area contributed by atoms with Crippen LogP contribution in [0.3, 0.4) is 0 Å². The van der Waals surface area contributed by atoms with Crippen LogP contribution >= 0.6 is 0 Å². The lowest BCUT2D eigenvalue weighted by atomic mass is 10.0. The molecule has 0 saturated carbocycles. The summed E-state index contributed by atoms with van der Waals surface area (Å²) < 4.78 is 28.7. The third-order valence-electron chi connectivity index (χ3n) is 4.00. The van der Waals surface area contributed by atoms with E-state index in [1.54, 1.807) is 0 Å². The molecule has 0 bridgehead atoms.